The summed E-state index contributed by atoms with van der Waals surface area (Å²) < 4.78 is 65.6. The third kappa shape index (κ3) is 13.8. The van der Waals surface area contributed by atoms with Gasteiger partial charge in [0.2, 0.25) is 6.79 Å². The maximum Gasteiger partial charge on any atom is 0.311 e. The maximum atomic E-state index is 14.7. The smallest absolute Gasteiger partial charge is 0.311 e. The van der Waals surface area contributed by atoms with E-state index in [2.05, 4.69) is 10.3 Å². The van der Waals surface area contributed by atoms with Crippen molar-refractivity contribution >= 4 is 5.97 Å². The van der Waals surface area contributed by atoms with E-state index in [9.17, 15) is 34.7 Å². The Morgan fingerprint density at radius 1 is 0.922 bits per heavy atom. The topological polar surface area (TPSA) is 229 Å². The molecular formula is C57H88FN5O14. The van der Waals surface area contributed by atoms with Crippen LogP contribution in [0, 0.1) is 17.8 Å². The largest absolute Gasteiger partial charge is 0.459 e. The lowest BCUT2D eigenvalue weighted by Gasteiger charge is -2.49. The first kappa shape index (κ1) is 60.7. The van der Waals surface area contributed by atoms with Crippen LogP contribution in [0.4, 0.5) is 4.39 Å². The van der Waals surface area contributed by atoms with Crippen LogP contribution in [0.25, 0.3) is 11.1 Å². The number of rotatable bonds is 15. The van der Waals surface area contributed by atoms with Gasteiger partial charge in [-0.15, -0.1) is 5.10 Å². The number of fused-ring (bicyclic) bond motifs is 1. The lowest BCUT2D eigenvalue weighted by molar-refractivity contribution is -0.318. The molecule has 0 amide bonds. The minimum Gasteiger partial charge on any atom is -0.459 e. The van der Waals surface area contributed by atoms with Gasteiger partial charge in [-0.05, 0) is 123 Å². The van der Waals surface area contributed by atoms with E-state index in [1.807, 2.05) is 80.2 Å². The molecule has 7 rings (SSSR count). The van der Waals surface area contributed by atoms with Gasteiger partial charge in [0.15, 0.2) is 24.1 Å². The number of aliphatic hydroxyl groups excluding tert-OH is 3. The third-order valence-electron chi connectivity index (χ3n) is 17.1. The molecule has 20 heteroatoms. The zero-order valence-corrected chi connectivity index (χ0v) is 47.5. The number of benzene rings is 2. The average molecular weight is 1090 g/mol. The molecule has 3 aromatic rings. The first-order valence-electron chi connectivity index (χ1n) is 27.5. The summed E-state index contributed by atoms with van der Waals surface area (Å²) in [5.41, 5.74) is -0.995. The second-order valence-electron chi connectivity index (χ2n) is 23.4. The molecule has 3 saturated heterocycles. The number of carbonyl (C=O) groups is 1. The predicted molar refractivity (Wildman–Crippen MR) is 284 cm³/mol. The summed E-state index contributed by atoms with van der Waals surface area (Å²) in [6.07, 6.45) is -6.76. The zero-order valence-electron chi connectivity index (χ0n) is 47.5. The number of carbonyl (C=O) groups excluding carboxylic acids is 1. The van der Waals surface area contributed by atoms with E-state index in [0.29, 0.717) is 49.5 Å². The van der Waals surface area contributed by atoms with Gasteiger partial charge in [-0.2, -0.15) is 0 Å². The van der Waals surface area contributed by atoms with E-state index in [-0.39, 0.29) is 32.0 Å². The van der Waals surface area contributed by atoms with Crippen molar-refractivity contribution in [1.29, 1.82) is 0 Å². The Bertz CT molecular complexity index is 2380. The molecule has 0 bridgehead atoms. The van der Waals surface area contributed by atoms with Crippen molar-refractivity contribution in [3.63, 3.8) is 0 Å². The lowest BCUT2D eigenvalue weighted by Crippen LogP contribution is -2.61. The summed E-state index contributed by atoms with van der Waals surface area (Å²) in [6.45, 7) is 17.9. The van der Waals surface area contributed by atoms with E-state index < -0.39 is 121 Å². The van der Waals surface area contributed by atoms with Crippen molar-refractivity contribution in [3.05, 3.63) is 59.9 Å². The average Bonchev–Trinajstić information content (AvgIpc) is 4.09. The number of ether oxygens (including phenoxy) is 8. The van der Waals surface area contributed by atoms with E-state index in [1.54, 1.807) is 59.3 Å². The van der Waals surface area contributed by atoms with Crippen LogP contribution in [0.3, 0.4) is 0 Å². The lowest BCUT2D eigenvalue weighted by atomic mass is 9.77. The van der Waals surface area contributed by atoms with Gasteiger partial charge in [-0.3, -0.25) is 4.79 Å². The number of halogens is 1. The minimum absolute atomic E-state index is 0.0869. The van der Waals surface area contributed by atoms with Crippen LogP contribution < -0.4 is 9.47 Å². The molecule has 19 nitrogen and oxygen atoms in total. The highest BCUT2D eigenvalue weighted by Gasteiger charge is 2.53. The highest BCUT2D eigenvalue weighted by Crippen LogP contribution is 2.41. The van der Waals surface area contributed by atoms with Crippen molar-refractivity contribution in [2.45, 2.75) is 204 Å². The van der Waals surface area contributed by atoms with Crippen LogP contribution in [0.2, 0.25) is 0 Å². The van der Waals surface area contributed by atoms with Crippen molar-refractivity contribution < 1.29 is 72.6 Å². The Labute approximate surface area is 454 Å². The Kier molecular flexibility index (Phi) is 19.9. The number of aromatic nitrogens is 3. The Morgan fingerprint density at radius 2 is 1.61 bits per heavy atom. The summed E-state index contributed by atoms with van der Waals surface area (Å²) in [4.78, 5) is 18.5. The molecule has 0 radical (unpaired) electrons. The monoisotopic (exact) mass is 1090 g/mol. The molecule has 0 unspecified atom stereocenters. The quantitative estimate of drug-likeness (QED) is 0.122. The molecule has 19 atom stereocenters. The summed E-state index contributed by atoms with van der Waals surface area (Å²) in [7, 11) is 5.23. The van der Waals surface area contributed by atoms with Crippen LogP contribution in [-0.4, -0.2) is 194 Å². The second-order valence-corrected chi connectivity index (χ2v) is 23.4. The first-order chi connectivity index (χ1) is 36.3. The summed E-state index contributed by atoms with van der Waals surface area (Å²) in [5.74, 6) is -1.44. The molecule has 0 saturated carbocycles. The van der Waals surface area contributed by atoms with Crippen LogP contribution in [0.15, 0.2) is 48.7 Å². The molecule has 3 fully saturated rings. The van der Waals surface area contributed by atoms with Gasteiger partial charge in [0, 0.05) is 57.2 Å². The minimum atomic E-state index is -1.85. The van der Waals surface area contributed by atoms with Crippen molar-refractivity contribution in [2.24, 2.45) is 17.8 Å². The van der Waals surface area contributed by atoms with Gasteiger partial charge in [0.1, 0.15) is 36.7 Å². The number of nitrogens with zero attached hydrogens (tertiary/aromatic N) is 5. The van der Waals surface area contributed by atoms with Crippen LogP contribution in [0.5, 0.6) is 11.5 Å². The number of aliphatic hydroxyl groups is 5. The molecule has 5 heterocycles. The number of esters is 1. The fourth-order valence-electron chi connectivity index (χ4n) is 12.1. The molecule has 2 aromatic carbocycles. The zero-order chi connectivity index (χ0) is 56.3. The molecule has 1 aromatic heterocycles. The summed E-state index contributed by atoms with van der Waals surface area (Å²) in [6, 6.07) is 12.2. The van der Waals surface area contributed by atoms with Gasteiger partial charge < -0.3 is 73.2 Å². The molecule has 0 spiro atoms. The van der Waals surface area contributed by atoms with Crippen LogP contribution in [0.1, 0.15) is 112 Å². The van der Waals surface area contributed by atoms with Gasteiger partial charge in [-0.25, -0.2) is 9.07 Å². The maximum absolute atomic E-state index is 14.7. The normalized spacial score (nSPS) is 38.2. The Balaban J connectivity index is 1.10. The first-order valence-corrected chi connectivity index (χ1v) is 27.5. The third-order valence-corrected chi connectivity index (χ3v) is 17.1. The predicted octanol–water partition coefficient (Wildman–Crippen LogP) is 5.25. The highest BCUT2D eigenvalue weighted by molar-refractivity contribution is 5.73. The molecule has 432 valence electrons. The van der Waals surface area contributed by atoms with Gasteiger partial charge in [-0.1, -0.05) is 56.3 Å². The molecule has 0 aliphatic carbocycles. The Hall–Kier alpha value is -3.90. The molecule has 4 aliphatic heterocycles. The number of likely N-dealkylation sites (N-methyl/N-ethyl adjacent to an activating group) is 2. The van der Waals surface area contributed by atoms with E-state index in [0.717, 1.165) is 16.7 Å². The Morgan fingerprint density at radius 3 is 2.29 bits per heavy atom. The van der Waals surface area contributed by atoms with E-state index >= 15 is 0 Å². The van der Waals surface area contributed by atoms with Crippen molar-refractivity contribution in [1.82, 2.24) is 24.8 Å². The fraction of sp³-hybridized carbons (Fsp3) is 0.737. The summed E-state index contributed by atoms with van der Waals surface area (Å²) in [5, 5.41) is 68.6. The number of hydrogen-bond acceptors (Lipinski definition) is 18. The second kappa shape index (κ2) is 25.3. The van der Waals surface area contributed by atoms with Gasteiger partial charge in [0.05, 0.1) is 53.3 Å². The van der Waals surface area contributed by atoms with Crippen molar-refractivity contribution in [2.75, 3.05) is 47.8 Å². The molecule has 4 aliphatic rings. The fourth-order valence-corrected chi connectivity index (χ4v) is 12.1. The summed E-state index contributed by atoms with van der Waals surface area (Å²) >= 11 is 0. The van der Waals surface area contributed by atoms with E-state index in [4.69, 9.17) is 37.9 Å². The number of methoxy groups -OCH3 is 1. The molecule has 77 heavy (non-hydrogen) atoms. The number of cyclic esters (lactones) is 1. The molecular weight excluding hydrogens is 998 g/mol. The van der Waals surface area contributed by atoms with Crippen LogP contribution >= 0.6 is 0 Å². The number of alkyl halides is 1. The SMILES string of the molecule is CC[C@H]1OC(=O)[C@H](C)[C@@H](O[C@H]2C[C@@](C)(OC)[C@@H](O)[C@H](C)O2)[C@H](C)[C@@H](O[C@@H]2O[C@H](C)C[C@H](N(C)CCc3cn([C@H](CF)Cc4ccc(-c5ccc6c(c5)OCO6)cc4)nn3)[C@H]2O)[C@](C)(O)C[C@@H](C)CN(C)[C@H](C)[C@@H](O)[C@]1(C)O. The highest BCUT2D eigenvalue weighted by atomic mass is 19.1. The van der Waals surface area contributed by atoms with Crippen molar-refractivity contribution in [3.8, 4) is 22.6 Å². The van der Waals surface area contributed by atoms with E-state index in [1.165, 1.54) is 14.0 Å². The van der Waals surface area contributed by atoms with Gasteiger partial charge >= 0.3 is 5.97 Å². The van der Waals surface area contributed by atoms with Gasteiger partial charge in [0.25, 0.3) is 0 Å². The van der Waals surface area contributed by atoms with Crippen LogP contribution in [-0.2, 0) is 46.1 Å². The molecule has 5 N–H and O–H groups in total. The number of hydrogen-bond donors (Lipinski definition) is 5. The standard InChI is InChI=1S/C57H88FN5O14/c1-14-46-57(10,69)50(65)36(6)62(12)29-32(2)26-55(8,68)52(34(4)49(35(5)53(67)75-46)76-47-27-56(9,70-13)51(66)37(7)74-47)77-54-48(64)43(23-33(3)73-54)61(11)22-21-41-30-63(60-59-41)42(28-58)24-38-15-17-39(18-16-38)40-19-20-44-45(25-40)72-31-71-44/h15-20,25,30,32-37,42-43,46-52,54,64-66,68-69H,14,21-24,26-29,31H2,1-13H3/t32-,33-,34+,35-,36-,37+,42+,43+,46-,47+,48-,49+,50-,51+,52-,54+,55-,56-,57-/m1/s1.